The van der Waals surface area contributed by atoms with Crippen LogP contribution in [0.1, 0.15) is 18.4 Å². The average molecular weight is 307 g/mol. The molecule has 6 nitrogen and oxygen atoms in total. The Morgan fingerprint density at radius 1 is 1.32 bits per heavy atom. The number of nitrogens with zero attached hydrogens (tertiary/aromatic N) is 1. The summed E-state index contributed by atoms with van der Waals surface area (Å²) in [6.07, 6.45) is 0.0778. The van der Waals surface area contributed by atoms with Crippen LogP contribution in [0.15, 0.2) is 30.3 Å². The molecule has 1 amide bonds. The van der Waals surface area contributed by atoms with Gasteiger partial charge in [0.2, 0.25) is 5.91 Å². The number of carboxylic acid groups (broad SMARTS) is 1. The van der Waals surface area contributed by atoms with Crippen molar-refractivity contribution in [1.82, 2.24) is 4.90 Å². The standard InChI is InChI=1S/C16H21NO5/c18-15(17-8-10-22-14(11-17)16(19)20)7-4-9-21-12-13-5-2-1-3-6-13/h1-3,5-6,14H,4,7-12H2,(H,19,20). The van der Waals surface area contributed by atoms with Crippen LogP contribution in [0.2, 0.25) is 0 Å². The van der Waals surface area contributed by atoms with Crippen LogP contribution in [0, 0.1) is 0 Å². The lowest BCUT2D eigenvalue weighted by atomic mass is 10.2. The molecule has 1 heterocycles. The number of morpholine rings is 1. The van der Waals surface area contributed by atoms with Gasteiger partial charge in [-0.05, 0) is 12.0 Å². The lowest BCUT2D eigenvalue weighted by Crippen LogP contribution is -2.48. The number of ether oxygens (including phenoxy) is 2. The molecule has 0 saturated carbocycles. The quantitative estimate of drug-likeness (QED) is 0.768. The molecule has 0 spiro atoms. The minimum absolute atomic E-state index is 0.0436. The van der Waals surface area contributed by atoms with Gasteiger partial charge in [-0.25, -0.2) is 4.79 Å². The van der Waals surface area contributed by atoms with Crippen molar-refractivity contribution in [2.75, 3.05) is 26.3 Å². The van der Waals surface area contributed by atoms with E-state index >= 15 is 0 Å². The van der Waals surface area contributed by atoms with Gasteiger partial charge >= 0.3 is 5.97 Å². The Kier molecular flexibility index (Phi) is 6.36. The predicted octanol–water partition coefficient (Wildman–Crippen LogP) is 1.30. The van der Waals surface area contributed by atoms with Gasteiger partial charge in [0.05, 0.1) is 19.8 Å². The largest absolute Gasteiger partial charge is 0.479 e. The van der Waals surface area contributed by atoms with E-state index in [0.717, 1.165) is 5.56 Å². The Balaban J connectivity index is 1.62. The van der Waals surface area contributed by atoms with Crippen LogP contribution in [0.4, 0.5) is 0 Å². The highest BCUT2D eigenvalue weighted by molar-refractivity contribution is 5.78. The zero-order chi connectivity index (χ0) is 15.8. The van der Waals surface area contributed by atoms with Crippen molar-refractivity contribution in [3.05, 3.63) is 35.9 Å². The van der Waals surface area contributed by atoms with E-state index in [-0.39, 0.29) is 19.1 Å². The minimum Gasteiger partial charge on any atom is -0.479 e. The van der Waals surface area contributed by atoms with Crippen LogP contribution >= 0.6 is 0 Å². The van der Waals surface area contributed by atoms with Crippen molar-refractivity contribution in [3.63, 3.8) is 0 Å². The van der Waals surface area contributed by atoms with Crippen LogP contribution in [0.25, 0.3) is 0 Å². The second kappa shape index (κ2) is 8.51. The van der Waals surface area contributed by atoms with E-state index in [9.17, 15) is 9.59 Å². The maximum absolute atomic E-state index is 12.0. The fourth-order valence-corrected chi connectivity index (χ4v) is 2.27. The summed E-state index contributed by atoms with van der Waals surface area (Å²) in [5, 5.41) is 8.91. The summed E-state index contributed by atoms with van der Waals surface area (Å²) in [6, 6.07) is 9.85. The van der Waals surface area contributed by atoms with Gasteiger partial charge in [-0.3, -0.25) is 4.79 Å². The average Bonchev–Trinajstić information content (AvgIpc) is 2.55. The lowest BCUT2D eigenvalue weighted by Gasteiger charge is -2.30. The molecule has 2 rings (SSSR count). The SMILES string of the molecule is O=C(O)C1CN(C(=O)CCCOCc2ccccc2)CCO1. The summed E-state index contributed by atoms with van der Waals surface area (Å²) in [5.74, 6) is -1.07. The Morgan fingerprint density at radius 2 is 2.09 bits per heavy atom. The maximum Gasteiger partial charge on any atom is 0.334 e. The number of hydrogen-bond acceptors (Lipinski definition) is 4. The first-order chi connectivity index (χ1) is 10.7. The van der Waals surface area contributed by atoms with Crippen LogP contribution < -0.4 is 0 Å². The Bertz CT molecular complexity index is 491. The zero-order valence-corrected chi connectivity index (χ0v) is 12.4. The summed E-state index contributed by atoms with van der Waals surface area (Å²) < 4.78 is 10.6. The highest BCUT2D eigenvalue weighted by Gasteiger charge is 2.28. The summed E-state index contributed by atoms with van der Waals surface area (Å²) in [6.45, 7) is 1.89. The van der Waals surface area contributed by atoms with Gasteiger partial charge in [-0.15, -0.1) is 0 Å². The number of benzene rings is 1. The molecule has 6 heteroatoms. The topological polar surface area (TPSA) is 76.1 Å². The summed E-state index contributed by atoms with van der Waals surface area (Å²) in [4.78, 5) is 24.4. The van der Waals surface area contributed by atoms with E-state index in [1.54, 1.807) is 4.90 Å². The van der Waals surface area contributed by atoms with E-state index in [4.69, 9.17) is 14.6 Å². The van der Waals surface area contributed by atoms with Crippen molar-refractivity contribution < 1.29 is 24.2 Å². The normalized spacial score (nSPS) is 18.2. The number of rotatable bonds is 7. The van der Waals surface area contributed by atoms with Gasteiger partial charge < -0.3 is 19.5 Å². The molecule has 1 aliphatic rings. The number of carbonyl (C=O) groups is 2. The molecule has 1 aliphatic heterocycles. The van der Waals surface area contributed by atoms with Gasteiger partial charge in [0.1, 0.15) is 0 Å². The van der Waals surface area contributed by atoms with Gasteiger partial charge in [0.15, 0.2) is 6.10 Å². The number of hydrogen-bond donors (Lipinski definition) is 1. The molecule has 1 N–H and O–H groups in total. The van der Waals surface area contributed by atoms with Gasteiger partial charge in [0.25, 0.3) is 0 Å². The number of carboxylic acids is 1. The van der Waals surface area contributed by atoms with Gasteiger partial charge in [-0.2, -0.15) is 0 Å². The molecule has 1 fully saturated rings. The first-order valence-electron chi connectivity index (χ1n) is 7.40. The van der Waals surface area contributed by atoms with Crippen molar-refractivity contribution in [2.24, 2.45) is 0 Å². The molecule has 0 aliphatic carbocycles. The number of aliphatic carboxylic acids is 1. The van der Waals surface area contributed by atoms with Crippen molar-refractivity contribution >= 4 is 11.9 Å². The third-order valence-electron chi connectivity index (χ3n) is 3.49. The first-order valence-corrected chi connectivity index (χ1v) is 7.40. The number of carbonyl (C=O) groups excluding carboxylic acids is 1. The summed E-state index contributed by atoms with van der Waals surface area (Å²) in [5.41, 5.74) is 1.10. The summed E-state index contributed by atoms with van der Waals surface area (Å²) >= 11 is 0. The van der Waals surface area contributed by atoms with E-state index in [1.807, 2.05) is 30.3 Å². The Hall–Kier alpha value is -1.92. The Labute approximate surface area is 129 Å². The maximum atomic E-state index is 12.0. The molecule has 120 valence electrons. The van der Waals surface area contributed by atoms with E-state index in [0.29, 0.717) is 32.6 Å². The monoisotopic (exact) mass is 307 g/mol. The van der Waals surface area contributed by atoms with Gasteiger partial charge in [0, 0.05) is 19.6 Å². The molecular formula is C16H21NO5. The third-order valence-corrected chi connectivity index (χ3v) is 3.49. The van der Waals surface area contributed by atoms with E-state index in [1.165, 1.54) is 0 Å². The second-order valence-electron chi connectivity index (χ2n) is 5.18. The predicted molar refractivity (Wildman–Crippen MR) is 79.3 cm³/mol. The first kappa shape index (κ1) is 16.5. The molecule has 1 aromatic carbocycles. The van der Waals surface area contributed by atoms with Crippen molar-refractivity contribution in [1.29, 1.82) is 0 Å². The van der Waals surface area contributed by atoms with Crippen molar-refractivity contribution in [3.8, 4) is 0 Å². The molecule has 22 heavy (non-hydrogen) atoms. The zero-order valence-electron chi connectivity index (χ0n) is 12.4. The van der Waals surface area contributed by atoms with Crippen LogP contribution in [0.5, 0.6) is 0 Å². The van der Waals surface area contributed by atoms with Crippen LogP contribution in [-0.4, -0.2) is 54.3 Å². The fraction of sp³-hybridized carbons (Fsp3) is 0.500. The highest BCUT2D eigenvalue weighted by atomic mass is 16.5. The van der Waals surface area contributed by atoms with Crippen molar-refractivity contribution in [2.45, 2.75) is 25.6 Å². The molecule has 1 saturated heterocycles. The molecule has 0 aromatic heterocycles. The molecular weight excluding hydrogens is 286 g/mol. The molecule has 1 atom stereocenters. The van der Waals surface area contributed by atoms with Crippen LogP contribution in [-0.2, 0) is 25.7 Å². The minimum atomic E-state index is -1.02. The fourth-order valence-electron chi connectivity index (χ4n) is 2.27. The molecule has 0 bridgehead atoms. The second-order valence-corrected chi connectivity index (χ2v) is 5.18. The lowest BCUT2D eigenvalue weighted by molar-refractivity contribution is -0.159. The van der Waals surface area contributed by atoms with E-state index < -0.39 is 12.1 Å². The van der Waals surface area contributed by atoms with Gasteiger partial charge in [-0.1, -0.05) is 30.3 Å². The Morgan fingerprint density at radius 3 is 2.82 bits per heavy atom. The molecule has 1 unspecified atom stereocenters. The van der Waals surface area contributed by atoms with Crippen LogP contribution in [0.3, 0.4) is 0 Å². The highest BCUT2D eigenvalue weighted by Crippen LogP contribution is 2.08. The smallest absolute Gasteiger partial charge is 0.334 e. The third kappa shape index (κ3) is 5.13. The summed E-state index contributed by atoms with van der Waals surface area (Å²) in [7, 11) is 0. The molecule has 0 radical (unpaired) electrons. The molecule has 1 aromatic rings. The number of amides is 1. The van der Waals surface area contributed by atoms with E-state index in [2.05, 4.69) is 0 Å².